The van der Waals surface area contributed by atoms with E-state index in [0.717, 1.165) is 11.3 Å². The third-order valence-electron chi connectivity index (χ3n) is 3.72. The number of aliphatic imine (C=N–C) groups is 1. The summed E-state index contributed by atoms with van der Waals surface area (Å²) < 4.78 is 10.8. The average Bonchev–Trinajstić information content (AvgIpc) is 3.20. The highest BCUT2D eigenvalue weighted by Gasteiger charge is 2.33. The number of thiazole rings is 1. The summed E-state index contributed by atoms with van der Waals surface area (Å²) in [6, 6.07) is 5.54. The molecule has 0 saturated carbocycles. The number of carbonyl (C=O) groups is 1. The van der Waals surface area contributed by atoms with E-state index in [1.54, 1.807) is 31.3 Å². The molecule has 1 aromatic heterocycles. The van der Waals surface area contributed by atoms with Crippen molar-refractivity contribution in [3.05, 3.63) is 52.4 Å². The van der Waals surface area contributed by atoms with Crippen molar-refractivity contribution in [1.29, 1.82) is 0 Å². The van der Waals surface area contributed by atoms with Crippen LogP contribution < -0.4 is 9.47 Å². The van der Waals surface area contributed by atoms with Gasteiger partial charge in [-0.15, -0.1) is 17.9 Å². The summed E-state index contributed by atoms with van der Waals surface area (Å²) in [4.78, 5) is 23.9. The van der Waals surface area contributed by atoms with E-state index in [4.69, 9.17) is 9.47 Å². The molecule has 1 saturated heterocycles. The molecule has 1 aliphatic rings. The Morgan fingerprint density at radius 1 is 1.33 bits per heavy atom. The molecular formula is C19H19N3O3S2. The molecule has 1 amide bonds. The molecule has 0 aliphatic carbocycles. The van der Waals surface area contributed by atoms with Gasteiger partial charge in [0.1, 0.15) is 0 Å². The molecule has 0 spiro atoms. The minimum Gasteiger partial charge on any atom is -0.493 e. The van der Waals surface area contributed by atoms with Crippen LogP contribution in [0.2, 0.25) is 0 Å². The van der Waals surface area contributed by atoms with E-state index in [1.165, 1.54) is 23.1 Å². The molecule has 1 aliphatic heterocycles. The van der Waals surface area contributed by atoms with Crippen molar-refractivity contribution >= 4 is 45.4 Å². The molecule has 0 atom stereocenters. The lowest BCUT2D eigenvalue weighted by molar-refractivity contribution is -0.121. The minimum absolute atomic E-state index is 0.128. The van der Waals surface area contributed by atoms with Crippen LogP contribution >= 0.6 is 23.1 Å². The number of amides is 1. The molecule has 1 fully saturated rings. The molecule has 140 valence electrons. The molecule has 8 heteroatoms. The van der Waals surface area contributed by atoms with Gasteiger partial charge in [0.2, 0.25) is 5.13 Å². The van der Waals surface area contributed by atoms with Gasteiger partial charge in [-0.05, 0) is 30.8 Å². The number of thioether (sulfide) groups is 1. The molecule has 1 aromatic carbocycles. The molecule has 0 unspecified atom stereocenters. The SMILES string of the molecule is C=CCN1C(=O)/C(=C/c2cccc(OC)c2OC)S/C1=N/c1nc(C)cs1. The van der Waals surface area contributed by atoms with Gasteiger partial charge in [-0.1, -0.05) is 18.2 Å². The van der Waals surface area contributed by atoms with Gasteiger partial charge in [-0.3, -0.25) is 9.69 Å². The summed E-state index contributed by atoms with van der Waals surface area (Å²) >= 11 is 2.75. The second kappa shape index (κ2) is 8.41. The number of amidine groups is 1. The van der Waals surface area contributed by atoms with E-state index in [9.17, 15) is 4.79 Å². The Balaban J connectivity index is 2.00. The van der Waals surface area contributed by atoms with Crippen molar-refractivity contribution in [3.8, 4) is 11.5 Å². The Bertz CT molecular complexity index is 934. The fourth-order valence-electron chi connectivity index (χ4n) is 2.52. The van der Waals surface area contributed by atoms with E-state index >= 15 is 0 Å². The Morgan fingerprint density at radius 2 is 2.15 bits per heavy atom. The lowest BCUT2D eigenvalue weighted by Crippen LogP contribution is -2.29. The van der Waals surface area contributed by atoms with Crippen molar-refractivity contribution in [2.75, 3.05) is 20.8 Å². The lowest BCUT2D eigenvalue weighted by atomic mass is 10.1. The maximum atomic E-state index is 12.9. The second-order valence-corrected chi connectivity index (χ2v) is 7.41. The van der Waals surface area contributed by atoms with Crippen LogP contribution in [0.15, 0.2) is 46.1 Å². The molecule has 0 bridgehead atoms. The fourth-order valence-corrected chi connectivity index (χ4v) is 4.23. The molecule has 3 rings (SSSR count). The highest BCUT2D eigenvalue weighted by atomic mass is 32.2. The quantitative estimate of drug-likeness (QED) is 0.535. The lowest BCUT2D eigenvalue weighted by Gasteiger charge is -2.12. The van der Waals surface area contributed by atoms with Crippen LogP contribution in [0.1, 0.15) is 11.3 Å². The van der Waals surface area contributed by atoms with Gasteiger partial charge in [0.15, 0.2) is 16.7 Å². The van der Waals surface area contributed by atoms with Crippen LogP contribution in [-0.2, 0) is 4.79 Å². The number of benzene rings is 1. The first kappa shape index (κ1) is 19.2. The predicted molar refractivity (Wildman–Crippen MR) is 111 cm³/mol. The molecule has 0 radical (unpaired) electrons. The Morgan fingerprint density at radius 3 is 2.78 bits per heavy atom. The Hall–Kier alpha value is -2.58. The van der Waals surface area contributed by atoms with Gasteiger partial charge < -0.3 is 9.47 Å². The maximum absolute atomic E-state index is 12.9. The van der Waals surface area contributed by atoms with Crippen LogP contribution in [0.4, 0.5) is 5.13 Å². The van der Waals surface area contributed by atoms with Crippen LogP contribution in [-0.4, -0.2) is 41.7 Å². The monoisotopic (exact) mass is 401 g/mol. The largest absolute Gasteiger partial charge is 0.493 e. The van der Waals surface area contributed by atoms with Crippen molar-refractivity contribution in [1.82, 2.24) is 9.88 Å². The molecule has 27 heavy (non-hydrogen) atoms. The number of carbonyl (C=O) groups excluding carboxylic acids is 1. The summed E-state index contributed by atoms with van der Waals surface area (Å²) in [6.07, 6.45) is 3.47. The van der Waals surface area contributed by atoms with E-state index in [-0.39, 0.29) is 5.91 Å². The van der Waals surface area contributed by atoms with Crippen molar-refractivity contribution < 1.29 is 14.3 Å². The number of aromatic nitrogens is 1. The highest BCUT2D eigenvalue weighted by molar-refractivity contribution is 8.18. The van der Waals surface area contributed by atoms with E-state index in [2.05, 4.69) is 16.6 Å². The van der Waals surface area contributed by atoms with Gasteiger partial charge in [-0.2, -0.15) is 4.99 Å². The van der Waals surface area contributed by atoms with Gasteiger partial charge in [0.25, 0.3) is 5.91 Å². The molecular weight excluding hydrogens is 382 g/mol. The van der Waals surface area contributed by atoms with Gasteiger partial charge in [0, 0.05) is 17.5 Å². The van der Waals surface area contributed by atoms with Crippen molar-refractivity contribution in [2.24, 2.45) is 4.99 Å². The first-order valence-electron chi connectivity index (χ1n) is 8.11. The zero-order valence-electron chi connectivity index (χ0n) is 15.3. The number of ether oxygens (including phenoxy) is 2. The average molecular weight is 402 g/mol. The smallest absolute Gasteiger partial charge is 0.267 e. The van der Waals surface area contributed by atoms with E-state index < -0.39 is 0 Å². The minimum atomic E-state index is -0.128. The standard InChI is InChI=1S/C19H19N3O3S2/c1-5-9-22-17(23)15(27-19(22)21-18-20-12(2)11-26-18)10-13-7-6-8-14(24-3)16(13)25-4/h5-8,10-11H,1,9H2,2-4H3/b15-10-,21-19+. The third kappa shape index (κ3) is 4.06. The number of methoxy groups -OCH3 is 2. The Labute approximate surface area is 166 Å². The van der Waals surface area contributed by atoms with Gasteiger partial charge in [-0.25, -0.2) is 4.98 Å². The zero-order chi connectivity index (χ0) is 19.4. The van der Waals surface area contributed by atoms with Crippen molar-refractivity contribution in [2.45, 2.75) is 6.92 Å². The van der Waals surface area contributed by atoms with Crippen LogP contribution in [0.3, 0.4) is 0 Å². The number of nitrogens with zero attached hydrogens (tertiary/aromatic N) is 3. The number of para-hydroxylation sites is 1. The molecule has 2 aromatic rings. The highest BCUT2D eigenvalue weighted by Crippen LogP contribution is 2.38. The number of aryl methyl sites for hydroxylation is 1. The summed E-state index contributed by atoms with van der Waals surface area (Å²) in [5, 5.41) is 3.13. The predicted octanol–water partition coefficient (Wildman–Crippen LogP) is 4.26. The third-order valence-corrected chi connectivity index (χ3v) is 5.58. The molecule has 2 heterocycles. The van der Waals surface area contributed by atoms with Crippen LogP contribution in [0.25, 0.3) is 6.08 Å². The number of rotatable bonds is 6. The summed E-state index contributed by atoms with van der Waals surface area (Å²) in [5.41, 5.74) is 1.67. The number of hydrogen-bond donors (Lipinski definition) is 0. The summed E-state index contributed by atoms with van der Waals surface area (Å²) in [6.45, 7) is 6.02. The first-order chi connectivity index (χ1) is 13.1. The normalized spacial score (nSPS) is 17.0. The van der Waals surface area contributed by atoms with Crippen molar-refractivity contribution in [3.63, 3.8) is 0 Å². The maximum Gasteiger partial charge on any atom is 0.267 e. The Kier molecular flexibility index (Phi) is 5.98. The number of hydrogen-bond acceptors (Lipinski definition) is 7. The molecule has 0 N–H and O–H groups in total. The topological polar surface area (TPSA) is 64.0 Å². The zero-order valence-corrected chi connectivity index (χ0v) is 16.9. The van der Waals surface area contributed by atoms with E-state index in [0.29, 0.717) is 33.2 Å². The first-order valence-corrected chi connectivity index (χ1v) is 9.81. The van der Waals surface area contributed by atoms with Crippen LogP contribution in [0, 0.1) is 6.92 Å². The molecule has 6 nitrogen and oxygen atoms in total. The van der Waals surface area contributed by atoms with Gasteiger partial charge >= 0.3 is 0 Å². The summed E-state index contributed by atoms with van der Waals surface area (Å²) in [7, 11) is 3.15. The van der Waals surface area contributed by atoms with Gasteiger partial charge in [0.05, 0.1) is 24.8 Å². The van der Waals surface area contributed by atoms with E-state index in [1.807, 2.05) is 30.5 Å². The fraction of sp³-hybridized carbons (Fsp3) is 0.211. The second-order valence-electron chi connectivity index (χ2n) is 5.56. The van der Waals surface area contributed by atoms with Crippen LogP contribution in [0.5, 0.6) is 11.5 Å². The summed E-state index contributed by atoms with van der Waals surface area (Å²) in [5.74, 6) is 1.06.